The van der Waals surface area contributed by atoms with Crippen LogP contribution in [0.3, 0.4) is 0 Å². The summed E-state index contributed by atoms with van der Waals surface area (Å²) in [5, 5.41) is 8.75. The van der Waals surface area contributed by atoms with Crippen molar-refractivity contribution in [1.82, 2.24) is 0 Å². The van der Waals surface area contributed by atoms with Crippen LogP contribution in [0.4, 0.5) is 0 Å². The zero-order chi connectivity index (χ0) is 12.7. The topological polar surface area (TPSA) is 46.5 Å². The van der Waals surface area contributed by atoms with Gasteiger partial charge in [0.15, 0.2) is 0 Å². The summed E-state index contributed by atoms with van der Waals surface area (Å²) in [7, 11) is 1.54. The minimum atomic E-state index is -0.860. The Morgan fingerprint density at radius 2 is 2.29 bits per heavy atom. The average Bonchev–Trinajstić information content (AvgIpc) is 2.30. The standard InChI is InChI=1S/C13H16O3S/c1-16-12-8-10(4-2-3-7-17)5-6-11(12)9-13(14)15/h2,4-6,8,17H,3,7,9H2,1H3,(H,14,15). The van der Waals surface area contributed by atoms with Crippen LogP contribution in [0.1, 0.15) is 17.5 Å². The quantitative estimate of drug-likeness (QED) is 0.765. The molecule has 17 heavy (non-hydrogen) atoms. The van der Waals surface area contributed by atoms with E-state index in [0.717, 1.165) is 17.7 Å². The van der Waals surface area contributed by atoms with Gasteiger partial charge in [0.05, 0.1) is 13.5 Å². The molecule has 0 radical (unpaired) electrons. The molecule has 0 heterocycles. The molecule has 92 valence electrons. The van der Waals surface area contributed by atoms with Crippen LogP contribution in [0.2, 0.25) is 0 Å². The zero-order valence-electron chi connectivity index (χ0n) is 9.72. The van der Waals surface area contributed by atoms with E-state index in [2.05, 4.69) is 12.6 Å². The van der Waals surface area contributed by atoms with Crippen molar-refractivity contribution in [2.75, 3.05) is 12.9 Å². The molecule has 0 saturated carbocycles. The van der Waals surface area contributed by atoms with Gasteiger partial charge >= 0.3 is 5.97 Å². The molecule has 1 rings (SSSR count). The molecule has 1 aromatic carbocycles. The van der Waals surface area contributed by atoms with Crippen LogP contribution in [0.15, 0.2) is 24.3 Å². The molecule has 1 aromatic rings. The lowest BCUT2D eigenvalue weighted by Gasteiger charge is -2.07. The number of methoxy groups -OCH3 is 1. The minimum Gasteiger partial charge on any atom is -0.496 e. The first-order valence-electron chi connectivity index (χ1n) is 5.33. The van der Waals surface area contributed by atoms with E-state index in [9.17, 15) is 4.79 Å². The molecule has 4 heteroatoms. The van der Waals surface area contributed by atoms with Gasteiger partial charge in [0.1, 0.15) is 5.75 Å². The third-order valence-electron chi connectivity index (χ3n) is 2.26. The lowest BCUT2D eigenvalue weighted by molar-refractivity contribution is -0.136. The number of thiol groups is 1. The Labute approximate surface area is 107 Å². The second-order valence-corrected chi connectivity index (χ2v) is 4.00. The predicted molar refractivity (Wildman–Crippen MR) is 71.8 cm³/mol. The molecule has 0 spiro atoms. The number of hydrogen-bond donors (Lipinski definition) is 2. The Bertz CT molecular complexity index is 413. The van der Waals surface area contributed by atoms with Crippen LogP contribution < -0.4 is 4.74 Å². The molecule has 0 atom stereocenters. The summed E-state index contributed by atoms with van der Waals surface area (Å²) in [6.07, 6.45) is 4.88. The number of hydrogen-bond acceptors (Lipinski definition) is 3. The van der Waals surface area contributed by atoms with Gasteiger partial charge in [-0.15, -0.1) is 0 Å². The van der Waals surface area contributed by atoms with Crippen LogP contribution in [0, 0.1) is 0 Å². The fourth-order valence-corrected chi connectivity index (χ4v) is 1.62. The molecule has 0 aliphatic heterocycles. The SMILES string of the molecule is COc1cc(C=CCCS)ccc1CC(=O)O. The van der Waals surface area contributed by atoms with Gasteiger partial charge in [-0.05, 0) is 23.8 Å². The van der Waals surface area contributed by atoms with Crippen LogP contribution >= 0.6 is 12.6 Å². The summed E-state index contributed by atoms with van der Waals surface area (Å²) in [6.45, 7) is 0. The Kier molecular flexibility index (Phi) is 5.63. The summed E-state index contributed by atoms with van der Waals surface area (Å²) < 4.78 is 5.18. The van der Waals surface area contributed by atoms with Crippen molar-refractivity contribution in [3.05, 3.63) is 35.4 Å². The van der Waals surface area contributed by atoms with E-state index in [1.54, 1.807) is 13.2 Å². The number of rotatable bonds is 6. The molecular weight excluding hydrogens is 236 g/mol. The number of allylic oxidation sites excluding steroid dienone is 1. The zero-order valence-corrected chi connectivity index (χ0v) is 10.6. The third-order valence-corrected chi connectivity index (χ3v) is 2.52. The summed E-state index contributed by atoms with van der Waals surface area (Å²) in [4.78, 5) is 10.7. The van der Waals surface area contributed by atoms with Crippen molar-refractivity contribution in [3.8, 4) is 5.75 Å². The molecule has 0 amide bonds. The van der Waals surface area contributed by atoms with Crippen LogP contribution in [-0.4, -0.2) is 23.9 Å². The van der Waals surface area contributed by atoms with Crippen LogP contribution in [0.25, 0.3) is 6.08 Å². The van der Waals surface area contributed by atoms with Crippen molar-refractivity contribution in [2.45, 2.75) is 12.8 Å². The molecule has 0 bridgehead atoms. The van der Waals surface area contributed by atoms with Crippen LogP contribution in [-0.2, 0) is 11.2 Å². The van der Waals surface area contributed by atoms with E-state index in [1.807, 2.05) is 24.3 Å². The molecule has 1 N–H and O–H groups in total. The molecule has 0 aliphatic carbocycles. The Balaban J connectivity index is 2.88. The van der Waals surface area contributed by atoms with Crippen molar-refractivity contribution in [3.63, 3.8) is 0 Å². The molecule has 0 saturated heterocycles. The maximum absolute atomic E-state index is 10.7. The first kappa shape index (κ1) is 13.6. The molecule has 0 aliphatic rings. The van der Waals surface area contributed by atoms with E-state index in [-0.39, 0.29) is 6.42 Å². The van der Waals surface area contributed by atoms with E-state index in [1.165, 1.54) is 0 Å². The number of carbonyl (C=O) groups is 1. The first-order valence-corrected chi connectivity index (χ1v) is 5.96. The van der Waals surface area contributed by atoms with Crippen molar-refractivity contribution in [2.24, 2.45) is 0 Å². The second kappa shape index (κ2) is 7.01. The van der Waals surface area contributed by atoms with E-state index in [0.29, 0.717) is 11.3 Å². The molecular formula is C13H16O3S. The van der Waals surface area contributed by atoms with Gasteiger partial charge in [-0.25, -0.2) is 0 Å². The third kappa shape index (κ3) is 4.53. The average molecular weight is 252 g/mol. The van der Waals surface area contributed by atoms with Gasteiger partial charge in [-0.2, -0.15) is 12.6 Å². The van der Waals surface area contributed by atoms with Crippen LogP contribution in [0.5, 0.6) is 5.75 Å². The Morgan fingerprint density at radius 1 is 1.53 bits per heavy atom. The lowest BCUT2D eigenvalue weighted by atomic mass is 10.1. The highest BCUT2D eigenvalue weighted by molar-refractivity contribution is 7.80. The fraction of sp³-hybridized carbons (Fsp3) is 0.308. The smallest absolute Gasteiger partial charge is 0.307 e. The predicted octanol–water partition coefficient (Wildman–Crippen LogP) is 2.66. The molecule has 0 unspecified atom stereocenters. The number of aliphatic carboxylic acids is 1. The summed E-state index contributed by atoms with van der Waals surface area (Å²) in [5.74, 6) is 0.562. The van der Waals surface area contributed by atoms with Gasteiger partial charge in [0.2, 0.25) is 0 Å². The van der Waals surface area contributed by atoms with E-state index >= 15 is 0 Å². The highest BCUT2D eigenvalue weighted by Gasteiger charge is 2.07. The number of ether oxygens (including phenoxy) is 1. The lowest BCUT2D eigenvalue weighted by Crippen LogP contribution is -2.02. The summed E-state index contributed by atoms with van der Waals surface area (Å²) >= 11 is 4.12. The number of benzene rings is 1. The number of carboxylic acid groups (broad SMARTS) is 1. The van der Waals surface area contributed by atoms with Crippen molar-refractivity contribution in [1.29, 1.82) is 0 Å². The Hall–Kier alpha value is -1.42. The van der Waals surface area contributed by atoms with Gasteiger partial charge in [-0.3, -0.25) is 4.79 Å². The fourth-order valence-electron chi connectivity index (χ4n) is 1.47. The maximum atomic E-state index is 10.7. The van der Waals surface area contributed by atoms with Gasteiger partial charge < -0.3 is 9.84 Å². The second-order valence-electron chi connectivity index (χ2n) is 3.56. The van der Waals surface area contributed by atoms with Crippen molar-refractivity contribution >= 4 is 24.7 Å². The van der Waals surface area contributed by atoms with E-state index in [4.69, 9.17) is 9.84 Å². The van der Waals surface area contributed by atoms with Crippen molar-refractivity contribution < 1.29 is 14.6 Å². The van der Waals surface area contributed by atoms with E-state index < -0.39 is 5.97 Å². The highest BCUT2D eigenvalue weighted by atomic mass is 32.1. The highest BCUT2D eigenvalue weighted by Crippen LogP contribution is 2.21. The number of carboxylic acids is 1. The monoisotopic (exact) mass is 252 g/mol. The molecule has 3 nitrogen and oxygen atoms in total. The summed E-state index contributed by atoms with van der Waals surface area (Å²) in [5.41, 5.74) is 1.68. The molecule has 0 aromatic heterocycles. The van der Waals surface area contributed by atoms with Gasteiger partial charge in [-0.1, -0.05) is 24.3 Å². The summed E-state index contributed by atoms with van der Waals surface area (Å²) in [6, 6.07) is 5.51. The largest absolute Gasteiger partial charge is 0.496 e. The minimum absolute atomic E-state index is 0.0240. The maximum Gasteiger partial charge on any atom is 0.307 e. The Morgan fingerprint density at radius 3 is 2.88 bits per heavy atom. The van der Waals surface area contributed by atoms with Gasteiger partial charge in [0.25, 0.3) is 0 Å². The first-order chi connectivity index (χ1) is 8.17. The van der Waals surface area contributed by atoms with Gasteiger partial charge in [0, 0.05) is 5.56 Å². The normalized spacial score (nSPS) is 10.7. The molecule has 0 fully saturated rings.